The van der Waals surface area contributed by atoms with Gasteiger partial charge in [0.15, 0.2) is 11.9 Å². The minimum Gasteiger partial charge on any atom is -0.380 e. The third-order valence-corrected chi connectivity index (χ3v) is 1.47. The van der Waals surface area contributed by atoms with E-state index in [2.05, 4.69) is 13.2 Å². The molecule has 0 aromatic carbocycles. The van der Waals surface area contributed by atoms with Crippen LogP contribution in [0.5, 0.6) is 0 Å². The quantitative estimate of drug-likeness (QED) is 0.357. The Kier molecular flexibility index (Phi) is 3.68. The van der Waals surface area contributed by atoms with E-state index < -0.39 is 23.4 Å². The van der Waals surface area contributed by atoms with Crippen LogP contribution >= 0.6 is 0 Å². The number of hydrogen-bond donors (Lipinski definition) is 3. The van der Waals surface area contributed by atoms with Crippen molar-refractivity contribution in [3.05, 3.63) is 25.3 Å². The Balaban J connectivity index is 4.81. The zero-order valence-corrected chi connectivity index (χ0v) is 6.93. The Hall–Kier alpha value is -1.30. The maximum Gasteiger partial charge on any atom is 0.211 e. The van der Waals surface area contributed by atoms with E-state index in [9.17, 15) is 14.7 Å². The first-order valence-electron chi connectivity index (χ1n) is 3.40. The molecule has 0 aliphatic rings. The number of aliphatic hydroxyl groups excluding tert-OH is 1. The van der Waals surface area contributed by atoms with E-state index >= 15 is 0 Å². The van der Waals surface area contributed by atoms with E-state index in [-0.39, 0.29) is 0 Å². The zero-order chi connectivity index (χ0) is 10.6. The molecule has 2 unspecified atom stereocenters. The predicted molar refractivity (Wildman–Crippen MR) is 45.6 cm³/mol. The molecule has 0 saturated heterocycles. The molecule has 5 nitrogen and oxygen atoms in total. The molecule has 0 radical (unpaired) electrons. The van der Waals surface area contributed by atoms with Gasteiger partial charge in [0.1, 0.15) is 0 Å². The van der Waals surface area contributed by atoms with Gasteiger partial charge in [0, 0.05) is 0 Å². The van der Waals surface area contributed by atoms with Crippen LogP contribution in [-0.4, -0.2) is 33.6 Å². The Morgan fingerprint density at radius 1 is 1.38 bits per heavy atom. The second kappa shape index (κ2) is 4.08. The summed E-state index contributed by atoms with van der Waals surface area (Å²) in [6.07, 6.45) is -0.533. The van der Waals surface area contributed by atoms with Gasteiger partial charge in [-0.1, -0.05) is 13.2 Å². The second-order valence-electron chi connectivity index (χ2n) is 2.40. The van der Waals surface area contributed by atoms with E-state index in [0.29, 0.717) is 0 Å². The predicted octanol–water partition coefficient (Wildman–Crippen LogP) is -1.50. The highest BCUT2D eigenvalue weighted by Crippen LogP contribution is 2.07. The Labute approximate surface area is 75.2 Å². The number of rotatable bonds is 5. The van der Waals surface area contributed by atoms with Crippen molar-refractivity contribution in [1.82, 2.24) is 0 Å². The summed E-state index contributed by atoms with van der Waals surface area (Å²) in [6.45, 7) is 6.12. The molecule has 5 heteroatoms. The number of carbonyl (C=O) groups is 2. The van der Waals surface area contributed by atoms with Gasteiger partial charge in [0.05, 0.1) is 0 Å². The van der Waals surface area contributed by atoms with Gasteiger partial charge in [0.2, 0.25) is 11.5 Å². The molecule has 13 heavy (non-hydrogen) atoms. The standard InChI is InChI=1S/C8H11NO4/c1-3-5(10)7(12)8(9,13)6(11)4-2/h3-4,7,12-13H,1-2,9H2. The van der Waals surface area contributed by atoms with Crippen LogP contribution in [0.1, 0.15) is 0 Å². The average Bonchev–Trinajstić information content (AvgIpc) is 2.13. The monoisotopic (exact) mass is 185 g/mol. The van der Waals surface area contributed by atoms with Crippen molar-refractivity contribution in [3.63, 3.8) is 0 Å². The SMILES string of the molecule is C=CC(=O)C(O)C(N)(O)C(=O)C=C. The number of carbonyl (C=O) groups excluding carboxylic acids is 2. The molecular weight excluding hydrogens is 174 g/mol. The highest BCUT2D eigenvalue weighted by Gasteiger charge is 2.40. The lowest BCUT2D eigenvalue weighted by Gasteiger charge is -2.23. The van der Waals surface area contributed by atoms with Crippen molar-refractivity contribution in [2.75, 3.05) is 0 Å². The molecule has 4 N–H and O–H groups in total. The molecule has 0 rings (SSSR count). The van der Waals surface area contributed by atoms with Crippen molar-refractivity contribution in [1.29, 1.82) is 0 Å². The minimum atomic E-state index is -2.63. The van der Waals surface area contributed by atoms with Crippen LogP contribution in [0, 0.1) is 0 Å². The summed E-state index contributed by atoms with van der Waals surface area (Å²) >= 11 is 0. The van der Waals surface area contributed by atoms with Gasteiger partial charge >= 0.3 is 0 Å². The lowest BCUT2D eigenvalue weighted by atomic mass is 9.99. The summed E-state index contributed by atoms with van der Waals surface area (Å²) in [5, 5.41) is 18.3. The first-order valence-corrected chi connectivity index (χ1v) is 3.40. The molecule has 72 valence electrons. The third-order valence-electron chi connectivity index (χ3n) is 1.47. The number of nitrogens with two attached hydrogens (primary N) is 1. The van der Waals surface area contributed by atoms with Gasteiger partial charge in [-0.05, 0) is 12.2 Å². The van der Waals surface area contributed by atoms with Crippen LogP contribution < -0.4 is 5.73 Å². The van der Waals surface area contributed by atoms with Crippen molar-refractivity contribution in [3.8, 4) is 0 Å². The highest BCUT2D eigenvalue weighted by molar-refractivity contribution is 6.03. The Morgan fingerprint density at radius 3 is 2.15 bits per heavy atom. The number of ketones is 2. The molecule has 2 atom stereocenters. The summed E-state index contributed by atoms with van der Waals surface area (Å²) in [5.41, 5.74) is 2.38. The van der Waals surface area contributed by atoms with Crippen LogP contribution in [0.4, 0.5) is 0 Å². The molecule has 0 saturated carbocycles. The summed E-state index contributed by atoms with van der Waals surface area (Å²) in [7, 11) is 0. The fourth-order valence-corrected chi connectivity index (χ4v) is 0.627. The third kappa shape index (κ3) is 2.32. The van der Waals surface area contributed by atoms with Crippen LogP contribution in [0.15, 0.2) is 25.3 Å². The molecule has 0 aromatic rings. The molecule has 0 fully saturated rings. The van der Waals surface area contributed by atoms with E-state index in [1.54, 1.807) is 0 Å². The van der Waals surface area contributed by atoms with Crippen LogP contribution in [0.3, 0.4) is 0 Å². The molecule has 0 spiro atoms. The van der Waals surface area contributed by atoms with E-state index in [1.165, 1.54) is 0 Å². The largest absolute Gasteiger partial charge is 0.380 e. The smallest absolute Gasteiger partial charge is 0.211 e. The maximum atomic E-state index is 10.9. The first-order chi connectivity index (χ1) is 5.87. The van der Waals surface area contributed by atoms with Crippen LogP contribution in [-0.2, 0) is 9.59 Å². The Bertz CT molecular complexity index is 257. The normalized spacial score (nSPS) is 16.8. The van der Waals surface area contributed by atoms with E-state index in [1.807, 2.05) is 0 Å². The highest BCUT2D eigenvalue weighted by atomic mass is 16.4. The second-order valence-corrected chi connectivity index (χ2v) is 2.40. The molecule has 0 heterocycles. The van der Waals surface area contributed by atoms with Gasteiger partial charge in [-0.2, -0.15) is 0 Å². The number of aliphatic hydroxyl groups is 2. The molecule has 0 bridgehead atoms. The Morgan fingerprint density at radius 2 is 1.85 bits per heavy atom. The van der Waals surface area contributed by atoms with E-state index in [0.717, 1.165) is 12.2 Å². The average molecular weight is 185 g/mol. The lowest BCUT2D eigenvalue weighted by molar-refractivity contribution is -0.152. The fourth-order valence-electron chi connectivity index (χ4n) is 0.627. The summed E-state index contributed by atoms with van der Waals surface area (Å²) in [6, 6.07) is 0. The molecule has 0 aliphatic carbocycles. The molecule has 0 aromatic heterocycles. The van der Waals surface area contributed by atoms with Crippen molar-refractivity contribution < 1.29 is 19.8 Å². The zero-order valence-electron chi connectivity index (χ0n) is 6.93. The van der Waals surface area contributed by atoms with Crippen LogP contribution in [0.25, 0.3) is 0 Å². The van der Waals surface area contributed by atoms with Gasteiger partial charge in [0.25, 0.3) is 0 Å². The van der Waals surface area contributed by atoms with Gasteiger partial charge < -0.3 is 10.2 Å². The lowest BCUT2D eigenvalue weighted by Crippen LogP contribution is -2.59. The molecule has 0 amide bonds. The van der Waals surface area contributed by atoms with E-state index in [4.69, 9.17) is 10.8 Å². The summed E-state index contributed by atoms with van der Waals surface area (Å²) in [5.74, 6) is -1.96. The maximum absolute atomic E-state index is 10.9. The molecule has 0 aliphatic heterocycles. The van der Waals surface area contributed by atoms with Gasteiger partial charge in [-0.25, -0.2) is 0 Å². The summed E-state index contributed by atoms with van der Waals surface area (Å²) < 4.78 is 0. The summed E-state index contributed by atoms with van der Waals surface area (Å²) in [4.78, 5) is 21.6. The van der Waals surface area contributed by atoms with Crippen molar-refractivity contribution in [2.24, 2.45) is 5.73 Å². The van der Waals surface area contributed by atoms with Crippen molar-refractivity contribution >= 4 is 11.6 Å². The van der Waals surface area contributed by atoms with Gasteiger partial charge in [-0.15, -0.1) is 0 Å². The minimum absolute atomic E-state index is 0.722. The topological polar surface area (TPSA) is 101 Å². The molecular formula is C8H11NO4. The van der Waals surface area contributed by atoms with Crippen LogP contribution in [0.2, 0.25) is 0 Å². The number of hydrogen-bond acceptors (Lipinski definition) is 5. The first kappa shape index (κ1) is 11.7. The fraction of sp³-hybridized carbons (Fsp3) is 0.250. The van der Waals surface area contributed by atoms with Crippen molar-refractivity contribution in [2.45, 2.75) is 11.8 Å². The van der Waals surface area contributed by atoms with Gasteiger partial charge in [-0.3, -0.25) is 15.3 Å².